The second-order valence-electron chi connectivity index (χ2n) is 3.86. The van der Waals surface area contributed by atoms with Crippen molar-refractivity contribution in [3.8, 4) is 0 Å². The smallest absolute Gasteiger partial charge is 0.329 e. The first-order valence-corrected chi connectivity index (χ1v) is 5.81. The second-order valence-corrected chi connectivity index (χ2v) is 3.86. The summed E-state index contributed by atoms with van der Waals surface area (Å²) in [6.45, 7) is 0.492. The summed E-state index contributed by atoms with van der Waals surface area (Å²) >= 11 is 0. The number of anilines is 2. The summed E-state index contributed by atoms with van der Waals surface area (Å²) in [6, 6.07) is 3.76. The van der Waals surface area contributed by atoms with E-state index in [0.717, 1.165) is 11.8 Å². The fraction of sp³-hybridized carbons (Fsp3) is 0.182. The Morgan fingerprint density at radius 1 is 1.35 bits per heavy atom. The van der Waals surface area contributed by atoms with Crippen LogP contribution in [-0.2, 0) is 6.42 Å². The number of hydrogen-bond acceptors (Lipinski definition) is 8. The average molecular weight is 275 g/mol. The van der Waals surface area contributed by atoms with Crippen LogP contribution in [0.4, 0.5) is 17.5 Å². The number of aromatic nitrogens is 3. The SMILES string of the molecule is NNc1ncc([N+](=O)[O-])c(NCCc2ccncc2)n1. The molecule has 2 aromatic heterocycles. The van der Waals surface area contributed by atoms with Crippen LogP contribution in [0, 0.1) is 10.1 Å². The van der Waals surface area contributed by atoms with Crippen molar-refractivity contribution in [2.75, 3.05) is 17.3 Å². The van der Waals surface area contributed by atoms with Gasteiger partial charge in [-0.25, -0.2) is 10.8 Å². The lowest BCUT2D eigenvalue weighted by atomic mass is 10.2. The molecule has 0 radical (unpaired) electrons. The van der Waals surface area contributed by atoms with Gasteiger partial charge in [0.1, 0.15) is 6.20 Å². The molecular weight excluding hydrogens is 262 g/mol. The van der Waals surface area contributed by atoms with Crippen molar-refractivity contribution in [1.82, 2.24) is 15.0 Å². The first-order valence-electron chi connectivity index (χ1n) is 5.81. The summed E-state index contributed by atoms with van der Waals surface area (Å²) in [7, 11) is 0. The van der Waals surface area contributed by atoms with Gasteiger partial charge in [0.2, 0.25) is 11.8 Å². The predicted octanol–water partition coefficient (Wildman–Crippen LogP) is 0.720. The molecule has 0 fully saturated rings. The first-order chi connectivity index (χ1) is 9.70. The lowest BCUT2D eigenvalue weighted by molar-refractivity contribution is -0.384. The van der Waals surface area contributed by atoms with E-state index in [-0.39, 0.29) is 17.5 Å². The Morgan fingerprint density at radius 2 is 2.10 bits per heavy atom. The minimum absolute atomic E-state index is 0.113. The van der Waals surface area contributed by atoms with Gasteiger partial charge >= 0.3 is 5.69 Å². The Morgan fingerprint density at radius 3 is 2.75 bits per heavy atom. The third-order valence-corrected chi connectivity index (χ3v) is 2.55. The van der Waals surface area contributed by atoms with E-state index in [0.29, 0.717) is 13.0 Å². The van der Waals surface area contributed by atoms with Crippen molar-refractivity contribution >= 4 is 17.5 Å². The van der Waals surface area contributed by atoms with E-state index < -0.39 is 4.92 Å². The average Bonchev–Trinajstić information content (AvgIpc) is 2.48. The van der Waals surface area contributed by atoms with Crippen molar-refractivity contribution in [2.24, 2.45) is 5.84 Å². The molecule has 0 aliphatic heterocycles. The Hall–Kier alpha value is -2.81. The van der Waals surface area contributed by atoms with Gasteiger partial charge in [0.05, 0.1) is 4.92 Å². The molecule has 2 rings (SSSR count). The van der Waals surface area contributed by atoms with E-state index in [2.05, 4.69) is 25.7 Å². The maximum absolute atomic E-state index is 10.9. The molecule has 0 aliphatic rings. The van der Waals surface area contributed by atoms with Gasteiger partial charge in [-0.15, -0.1) is 0 Å². The van der Waals surface area contributed by atoms with Crippen molar-refractivity contribution < 1.29 is 4.92 Å². The van der Waals surface area contributed by atoms with E-state index >= 15 is 0 Å². The monoisotopic (exact) mass is 275 g/mol. The molecule has 0 amide bonds. The van der Waals surface area contributed by atoms with Gasteiger partial charge in [-0.3, -0.25) is 20.5 Å². The number of nitrogens with one attached hydrogen (secondary N) is 2. The van der Waals surface area contributed by atoms with Gasteiger partial charge in [-0.1, -0.05) is 0 Å². The summed E-state index contributed by atoms with van der Waals surface area (Å²) in [5, 5.41) is 13.8. The summed E-state index contributed by atoms with van der Waals surface area (Å²) in [4.78, 5) is 21.9. The fourth-order valence-corrected chi connectivity index (χ4v) is 1.58. The number of hydrogen-bond donors (Lipinski definition) is 3. The molecule has 2 heterocycles. The van der Waals surface area contributed by atoms with Crippen LogP contribution < -0.4 is 16.6 Å². The molecule has 0 aliphatic carbocycles. The van der Waals surface area contributed by atoms with Gasteiger partial charge in [-0.2, -0.15) is 4.98 Å². The maximum atomic E-state index is 10.9. The highest BCUT2D eigenvalue weighted by Gasteiger charge is 2.16. The van der Waals surface area contributed by atoms with Crippen LogP contribution in [0.1, 0.15) is 5.56 Å². The number of nitrogens with zero attached hydrogens (tertiary/aromatic N) is 4. The molecule has 0 spiro atoms. The van der Waals surface area contributed by atoms with Crippen LogP contribution in [0.2, 0.25) is 0 Å². The summed E-state index contributed by atoms with van der Waals surface area (Å²) in [6.07, 6.45) is 5.18. The van der Waals surface area contributed by atoms with Crippen molar-refractivity contribution in [3.05, 3.63) is 46.4 Å². The first kappa shape index (κ1) is 13.6. The number of rotatable bonds is 6. The van der Waals surface area contributed by atoms with Gasteiger partial charge in [0, 0.05) is 18.9 Å². The number of hydrazine groups is 1. The third-order valence-electron chi connectivity index (χ3n) is 2.55. The Balaban J connectivity index is 2.06. The Labute approximate surface area is 114 Å². The molecular formula is C11H13N7O2. The maximum Gasteiger partial charge on any atom is 0.329 e. The van der Waals surface area contributed by atoms with Gasteiger partial charge in [0.25, 0.3) is 0 Å². The van der Waals surface area contributed by atoms with Crippen molar-refractivity contribution in [1.29, 1.82) is 0 Å². The number of nitro groups is 1. The highest BCUT2D eigenvalue weighted by atomic mass is 16.6. The number of pyridine rings is 1. The van der Waals surface area contributed by atoms with Gasteiger partial charge in [-0.05, 0) is 24.1 Å². The Bertz CT molecular complexity index is 591. The summed E-state index contributed by atoms with van der Waals surface area (Å²) < 4.78 is 0. The molecule has 0 saturated carbocycles. The summed E-state index contributed by atoms with van der Waals surface area (Å²) in [5.41, 5.74) is 3.12. The third kappa shape index (κ3) is 3.36. The van der Waals surface area contributed by atoms with Crippen molar-refractivity contribution in [2.45, 2.75) is 6.42 Å². The van der Waals surface area contributed by atoms with Crippen LogP contribution in [0.15, 0.2) is 30.7 Å². The van der Waals surface area contributed by atoms with Crippen molar-refractivity contribution in [3.63, 3.8) is 0 Å². The van der Waals surface area contributed by atoms with Crippen LogP contribution in [0.5, 0.6) is 0 Å². The number of nitrogens with two attached hydrogens (primary N) is 1. The largest absolute Gasteiger partial charge is 0.364 e. The Kier molecular flexibility index (Phi) is 4.35. The minimum Gasteiger partial charge on any atom is -0.364 e. The standard InChI is InChI=1S/C11H13N7O2/c12-17-11-15-7-9(18(19)20)10(16-11)14-6-3-8-1-4-13-5-2-8/h1-2,4-5,7H,3,6,12H2,(H2,14,15,16,17). The van der Waals surface area contributed by atoms with Gasteiger partial charge < -0.3 is 5.32 Å². The topological polar surface area (TPSA) is 132 Å². The van der Waals surface area contributed by atoms with Gasteiger partial charge in [0.15, 0.2) is 0 Å². The molecule has 0 unspecified atom stereocenters. The minimum atomic E-state index is -0.547. The van der Waals surface area contributed by atoms with E-state index in [1.165, 1.54) is 0 Å². The molecule has 0 bridgehead atoms. The molecule has 9 heteroatoms. The lowest BCUT2D eigenvalue weighted by Gasteiger charge is -2.07. The van der Waals surface area contributed by atoms with E-state index in [1.807, 2.05) is 12.1 Å². The molecule has 0 saturated heterocycles. The molecule has 104 valence electrons. The zero-order chi connectivity index (χ0) is 14.4. The summed E-state index contributed by atoms with van der Waals surface area (Å²) in [5.74, 6) is 5.43. The highest BCUT2D eigenvalue weighted by Crippen LogP contribution is 2.21. The quantitative estimate of drug-likeness (QED) is 0.399. The molecule has 4 N–H and O–H groups in total. The number of nitrogen functional groups attached to an aromatic ring is 1. The van der Waals surface area contributed by atoms with E-state index in [1.54, 1.807) is 12.4 Å². The van der Waals surface area contributed by atoms with E-state index in [9.17, 15) is 10.1 Å². The zero-order valence-electron chi connectivity index (χ0n) is 10.5. The van der Waals surface area contributed by atoms with Crippen LogP contribution in [0.25, 0.3) is 0 Å². The molecule has 2 aromatic rings. The normalized spacial score (nSPS) is 10.1. The van der Waals surface area contributed by atoms with Crippen LogP contribution in [-0.4, -0.2) is 26.4 Å². The second kappa shape index (κ2) is 6.38. The lowest BCUT2D eigenvalue weighted by Crippen LogP contribution is -2.14. The fourth-order valence-electron chi connectivity index (χ4n) is 1.58. The van der Waals surface area contributed by atoms with Crippen LogP contribution in [0.3, 0.4) is 0 Å². The predicted molar refractivity (Wildman–Crippen MR) is 72.9 cm³/mol. The molecule has 0 atom stereocenters. The van der Waals surface area contributed by atoms with E-state index in [4.69, 9.17) is 5.84 Å². The zero-order valence-corrected chi connectivity index (χ0v) is 10.5. The molecule has 0 aromatic carbocycles. The molecule has 20 heavy (non-hydrogen) atoms. The molecule has 9 nitrogen and oxygen atoms in total. The van der Waals surface area contributed by atoms with Crippen LogP contribution >= 0.6 is 0 Å². The highest BCUT2D eigenvalue weighted by molar-refractivity contribution is 5.56.